The standard InChI is InChI=1S/C22H36N6O2.HI/c1-2-24-22(25-10-17-30-20-8-7-9-23-18-20)28-15-13-26(14-16-28)19-21(29)27-11-5-3-4-6-12-27;/h7-9,18H,2-6,10-17,19H2,1H3,(H,24,25);1H. The zero-order chi connectivity index (χ0) is 21.0. The molecule has 2 saturated heterocycles. The molecule has 0 bridgehead atoms. The predicted molar refractivity (Wildman–Crippen MR) is 134 cm³/mol. The Balaban J connectivity index is 0.00000341. The van der Waals surface area contributed by atoms with Crippen molar-refractivity contribution < 1.29 is 9.53 Å². The Kier molecular flexibility index (Phi) is 11.9. The maximum atomic E-state index is 12.6. The van der Waals surface area contributed by atoms with Crippen LogP contribution in [0, 0.1) is 0 Å². The predicted octanol–water partition coefficient (Wildman–Crippen LogP) is 2.06. The van der Waals surface area contributed by atoms with Gasteiger partial charge in [0.25, 0.3) is 0 Å². The van der Waals surface area contributed by atoms with Gasteiger partial charge in [0, 0.05) is 52.0 Å². The summed E-state index contributed by atoms with van der Waals surface area (Å²) < 4.78 is 5.68. The van der Waals surface area contributed by atoms with Crippen molar-refractivity contribution in [3.8, 4) is 5.75 Å². The summed E-state index contributed by atoms with van der Waals surface area (Å²) in [6.07, 6.45) is 8.24. The summed E-state index contributed by atoms with van der Waals surface area (Å²) in [5.74, 6) is 1.98. The number of ether oxygens (including phenoxy) is 1. The number of carbonyl (C=O) groups is 1. The summed E-state index contributed by atoms with van der Waals surface area (Å²) in [5, 5.41) is 3.38. The Hall–Kier alpha value is -1.62. The average molecular weight is 544 g/mol. The number of amides is 1. The second kappa shape index (κ2) is 14.4. The number of piperazine rings is 1. The first-order valence-electron chi connectivity index (χ1n) is 11.3. The molecule has 2 aliphatic heterocycles. The van der Waals surface area contributed by atoms with Crippen molar-refractivity contribution in [2.24, 2.45) is 4.99 Å². The van der Waals surface area contributed by atoms with Gasteiger partial charge < -0.3 is 19.9 Å². The SMILES string of the molecule is CCNC(=NCCOc1cccnc1)N1CCN(CC(=O)N2CCCCCC2)CC1.I. The van der Waals surface area contributed by atoms with Crippen molar-refractivity contribution in [1.82, 2.24) is 25.0 Å². The van der Waals surface area contributed by atoms with Gasteiger partial charge in [0.1, 0.15) is 12.4 Å². The van der Waals surface area contributed by atoms with Crippen LogP contribution in [0.25, 0.3) is 0 Å². The fourth-order valence-electron chi connectivity index (χ4n) is 3.90. The highest BCUT2D eigenvalue weighted by atomic mass is 127. The van der Waals surface area contributed by atoms with Crippen LogP contribution < -0.4 is 10.1 Å². The molecule has 0 aliphatic carbocycles. The molecule has 3 rings (SSSR count). The van der Waals surface area contributed by atoms with Gasteiger partial charge in [-0.25, -0.2) is 4.99 Å². The first-order chi connectivity index (χ1) is 14.8. The normalized spacial score (nSPS) is 18.2. The molecule has 0 aromatic carbocycles. The van der Waals surface area contributed by atoms with E-state index in [1.54, 1.807) is 12.4 Å². The summed E-state index contributed by atoms with van der Waals surface area (Å²) in [6.45, 7) is 9.94. The molecule has 1 aromatic rings. The van der Waals surface area contributed by atoms with Crippen LogP contribution in [0.5, 0.6) is 5.75 Å². The lowest BCUT2D eigenvalue weighted by Crippen LogP contribution is -2.54. The van der Waals surface area contributed by atoms with Crippen LogP contribution in [0.1, 0.15) is 32.6 Å². The monoisotopic (exact) mass is 544 g/mol. The molecule has 174 valence electrons. The molecule has 1 N–H and O–H groups in total. The number of hydrogen-bond donors (Lipinski definition) is 1. The Morgan fingerprint density at radius 2 is 1.84 bits per heavy atom. The molecule has 1 amide bonds. The lowest BCUT2D eigenvalue weighted by molar-refractivity contribution is -0.132. The van der Waals surface area contributed by atoms with Crippen LogP contribution in [0.2, 0.25) is 0 Å². The van der Waals surface area contributed by atoms with Gasteiger partial charge in [-0.1, -0.05) is 12.8 Å². The van der Waals surface area contributed by atoms with E-state index >= 15 is 0 Å². The highest BCUT2D eigenvalue weighted by Crippen LogP contribution is 2.11. The Bertz CT molecular complexity index is 659. The number of guanidine groups is 1. The Morgan fingerprint density at radius 3 is 2.48 bits per heavy atom. The van der Waals surface area contributed by atoms with Crippen molar-refractivity contribution in [3.63, 3.8) is 0 Å². The van der Waals surface area contributed by atoms with Crippen molar-refractivity contribution >= 4 is 35.8 Å². The highest BCUT2D eigenvalue weighted by molar-refractivity contribution is 14.0. The number of halogens is 1. The molecule has 3 heterocycles. The number of nitrogens with one attached hydrogen (secondary N) is 1. The summed E-state index contributed by atoms with van der Waals surface area (Å²) in [7, 11) is 0. The van der Waals surface area contributed by atoms with E-state index in [0.717, 1.165) is 70.4 Å². The molecule has 0 unspecified atom stereocenters. The lowest BCUT2D eigenvalue weighted by atomic mass is 10.2. The van der Waals surface area contributed by atoms with E-state index in [4.69, 9.17) is 9.73 Å². The van der Waals surface area contributed by atoms with Crippen LogP contribution in [0.4, 0.5) is 0 Å². The fourth-order valence-corrected chi connectivity index (χ4v) is 3.90. The third-order valence-electron chi connectivity index (χ3n) is 5.58. The zero-order valence-electron chi connectivity index (χ0n) is 18.7. The summed E-state index contributed by atoms with van der Waals surface area (Å²) in [5.41, 5.74) is 0. The third-order valence-corrected chi connectivity index (χ3v) is 5.58. The Morgan fingerprint density at radius 1 is 1.10 bits per heavy atom. The van der Waals surface area contributed by atoms with Crippen LogP contribution in [-0.4, -0.2) is 97.1 Å². The van der Waals surface area contributed by atoms with Gasteiger partial charge >= 0.3 is 0 Å². The maximum Gasteiger partial charge on any atom is 0.236 e. The van der Waals surface area contributed by atoms with Gasteiger partial charge in [-0.15, -0.1) is 24.0 Å². The van der Waals surface area contributed by atoms with Gasteiger partial charge in [-0.2, -0.15) is 0 Å². The summed E-state index contributed by atoms with van der Waals surface area (Å²) >= 11 is 0. The molecule has 1 aromatic heterocycles. The number of aromatic nitrogens is 1. The maximum absolute atomic E-state index is 12.6. The van der Waals surface area contributed by atoms with Gasteiger partial charge in [-0.3, -0.25) is 14.7 Å². The summed E-state index contributed by atoms with van der Waals surface area (Å²) in [6, 6.07) is 3.76. The first kappa shape index (κ1) is 25.6. The number of carbonyl (C=O) groups excluding carboxylic acids is 1. The molecule has 2 aliphatic rings. The minimum absolute atomic E-state index is 0. The lowest BCUT2D eigenvalue weighted by Gasteiger charge is -2.37. The van der Waals surface area contributed by atoms with Gasteiger partial charge in [0.15, 0.2) is 5.96 Å². The van der Waals surface area contributed by atoms with Crippen molar-refractivity contribution in [1.29, 1.82) is 0 Å². The minimum atomic E-state index is 0. The van der Waals surface area contributed by atoms with Crippen molar-refractivity contribution in [3.05, 3.63) is 24.5 Å². The number of rotatable bonds is 7. The van der Waals surface area contributed by atoms with E-state index in [1.165, 1.54) is 12.8 Å². The van der Waals surface area contributed by atoms with Gasteiger partial charge in [0.2, 0.25) is 5.91 Å². The number of pyridine rings is 1. The largest absolute Gasteiger partial charge is 0.490 e. The van der Waals surface area contributed by atoms with Crippen LogP contribution in [0.3, 0.4) is 0 Å². The van der Waals surface area contributed by atoms with Gasteiger partial charge in [-0.05, 0) is 31.9 Å². The van der Waals surface area contributed by atoms with Crippen LogP contribution in [0.15, 0.2) is 29.5 Å². The molecule has 31 heavy (non-hydrogen) atoms. The fraction of sp³-hybridized carbons (Fsp3) is 0.682. The topological polar surface area (TPSA) is 73.3 Å². The highest BCUT2D eigenvalue weighted by Gasteiger charge is 2.23. The number of hydrogen-bond acceptors (Lipinski definition) is 5. The second-order valence-corrected chi connectivity index (χ2v) is 7.83. The molecule has 9 heteroatoms. The molecule has 0 spiro atoms. The van der Waals surface area contributed by atoms with E-state index < -0.39 is 0 Å². The molecular weight excluding hydrogens is 507 g/mol. The van der Waals surface area contributed by atoms with E-state index in [0.29, 0.717) is 25.6 Å². The van der Waals surface area contributed by atoms with E-state index in [9.17, 15) is 4.79 Å². The molecule has 8 nitrogen and oxygen atoms in total. The molecule has 2 fully saturated rings. The molecule has 0 radical (unpaired) electrons. The Labute approximate surface area is 203 Å². The zero-order valence-corrected chi connectivity index (χ0v) is 21.0. The van der Waals surface area contributed by atoms with Crippen LogP contribution >= 0.6 is 24.0 Å². The minimum Gasteiger partial charge on any atom is -0.490 e. The van der Waals surface area contributed by atoms with Crippen molar-refractivity contribution in [2.45, 2.75) is 32.6 Å². The molecular formula is C22H37IN6O2. The van der Waals surface area contributed by atoms with Crippen molar-refractivity contribution in [2.75, 3.05) is 65.5 Å². The number of aliphatic imine (C=N–C) groups is 1. The molecule has 0 atom stereocenters. The third kappa shape index (κ3) is 8.80. The smallest absolute Gasteiger partial charge is 0.236 e. The molecule has 0 saturated carbocycles. The quantitative estimate of drug-likeness (QED) is 0.245. The summed E-state index contributed by atoms with van der Waals surface area (Å²) in [4.78, 5) is 28.0. The first-order valence-corrected chi connectivity index (χ1v) is 11.3. The second-order valence-electron chi connectivity index (χ2n) is 7.83. The van der Waals surface area contributed by atoms with E-state index in [-0.39, 0.29) is 24.0 Å². The van der Waals surface area contributed by atoms with E-state index in [1.807, 2.05) is 12.1 Å². The number of nitrogens with zero attached hydrogens (tertiary/aromatic N) is 5. The van der Waals surface area contributed by atoms with Gasteiger partial charge in [0.05, 0.1) is 19.3 Å². The van der Waals surface area contributed by atoms with Crippen LogP contribution in [-0.2, 0) is 4.79 Å². The van der Waals surface area contributed by atoms with E-state index in [2.05, 4.69) is 31.9 Å². The number of likely N-dealkylation sites (tertiary alicyclic amines) is 1. The average Bonchev–Trinajstić information content (AvgIpc) is 3.07.